The third-order valence-electron chi connectivity index (χ3n) is 2.14. The normalized spacial score (nSPS) is 14.5. The highest BCUT2D eigenvalue weighted by molar-refractivity contribution is 5.79. The summed E-state index contributed by atoms with van der Waals surface area (Å²) in [6.07, 6.45) is 1.30. The molecule has 1 atom stereocenters. The number of hydrogen-bond acceptors (Lipinski definition) is 5. The number of carbonyl (C=O) groups is 1. The summed E-state index contributed by atoms with van der Waals surface area (Å²) in [4.78, 5) is 11.4. The monoisotopic (exact) mass is 233 g/mol. The summed E-state index contributed by atoms with van der Waals surface area (Å²) < 4.78 is 15.1. The molecule has 0 aliphatic heterocycles. The molecule has 5 nitrogen and oxygen atoms in total. The zero-order valence-electron chi connectivity index (χ0n) is 10.5. The van der Waals surface area contributed by atoms with E-state index in [0.717, 1.165) is 6.42 Å². The molecule has 5 heteroatoms. The second kappa shape index (κ2) is 8.50. The van der Waals surface area contributed by atoms with Gasteiger partial charge in [0.05, 0.1) is 6.61 Å². The van der Waals surface area contributed by atoms with Crippen molar-refractivity contribution in [3.05, 3.63) is 0 Å². The molecular weight excluding hydrogens is 210 g/mol. The number of methoxy groups -OCH3 is 1. The lowest BCUT2D eigenvalue weighted by atomic mass is 10.0. The van der Waals surface area contributed by atoms with Crippen LogP contribution in [0.25, 0.3) is 0 Å². The summed E-state index contributed by atoms with van der Waals surface area (Å²) in [5.41, 5.74) is 4.85. The van der Waals surface area contributed by atoms with Crippen LogP contribution in [-0.4, -0.2) is 45.0 Å². The first-order valence-corrected chi connectivity index (χ1v) is 5.57. The van der Waals surface area contributed by atoms with Crippen molar-refractivity contribution in [3.8, 4) is 0 Å². The van der Waals surface area contributed by atoms with E-state index in [2.05, 4.69) is 0 Å². The Labute approximate surface area is 97.2 Å². The summed E-state index contributed by atoms with van der Waals surface area (Å²) in [6.45, 7) is 5.51. The Hall–Kier alpha value is -0.650. The minimum absolute atomic E-state index is 0.348. The number of esters is 1. The number of nitrogens with two attached hydrogens (primary N) is 1. The molecule has 0 aliphatic rings. The predicted molar refractivity (Wildman–Crippen MR) is 61.2 cm³/mol. The van der Waals surface area contributed by atoms with Crippen LogP contribution in [0.1, 0.15) is 26.7 Å². The molecule has 1 unspecified atom stereocenters. The van der Waals surface area contributed by atoms with E-state index < -0.39 is 5.54 Å². The third kappa shape index (κ3) is 6.76. The van der Waals surface area contributed by atoms with E-state index in [-0.39, 0.29) is 5.97 Å². The van der Waals surface area contributed by atoms with Crippen LogP contribution in [-0.2, 0) is 19.0 Å². The maximum atomic E-state index is 11.4. The molecule has 0 saturated heterocycles. The molecule has 0 amide bonds. The zero-order chi connectivity index (χ0) is 12.4. The fourth-order valence-electron chi connectivity index (χ4n) is 1.09. The lowest BCUT2D eigenvalue weighted by Gasteiger charge is -2.21. The van der Waals surface area contributed by atoms with Gasteiger partial charge < -0.3 is 19.9 Å². The van der Waals surface area contributed by atoms with Crippen LogP contribution in [0.15, 0.2) is 0 Å². The van der Waals surface area contributed by atoms with Gasteiger partial charge in [0.2, 0.25) is 0 Å². The Morgan fingerprint density at radius 1 is 1.31 bits per heavy atom. The predicted octanol–water partition coefficient (Wildman–Crippen LogP) is 0.710. The molecule has 0 aliphatic carbocycles. The number of ether oxygens (including phenoxy) is 3. The van der Waals surface area contributed by atoms with Crippen molar-refractivity contribution < 1.29 is 19.0 Å². The number of hydrogen-bond donors (Lipinski definition) is 1. The van der Waals surface area contributed by atoms with E-state index in [1.165, 1.54) is 0 Å². The highest BCUT2D eigenvalue weighted by Gasteiger charge is 2.29. The van der Waals surface area contributed by atoms with Crippen molar-refractivity contribution in [3.63, 3.8) is 0 Å². The summed E-state index contributed by atoms with van der Waals surface area (Å²) >= 11 is 0. The van der Waals surface area contributed by atoms with Crippen LogP contribution in [0.3, 0.4) is 0 Å². The smallest absolute Gasteiger partial charge is 0.325 e. The van der Waals surface area contributed by atoms with E-state index in [1.54, 1.807) is 21.0 Å². The van der Waals surface area contributed by atoms with Crippen LogP contribution in [0.5, 0.6) is 0 Å². The SMILES string of the molecule is CCOC(=O)C(C)(N)CCOCCCOC. The Kier molecular flexibility index (Phi) is 8.15. The summed E-state index contributed by atoms with van der Waals surface area (Å²) in [6, 6.07) is 0. The van der Waals surface area contributed by atoms with Gasteiger partial charge in [-0.25, -0.2) is 0 Å². The van der Waals surface area contributed by atoms with Crippen molar-refractivity contribution in [2.45, 2.75) is 32.2 Å². The van der Waals surface area contributed by atoms with E-state index in [9.17, 15) is 4.79 Å². The molecule has 0 aromatic heterocycles. The van der Waals surface area contributed by atoms with Gasteiger partial charge in [-0.2, -0.15) is 0 Å². The van der Waals surface area contributed by atoms with Gasteiger partial charge in [-0.1, -0.05) is 0 Å². The number of carbonyl (C=O) groups excluding carboxylic acids is 1. The molecule has 0 radical (unpaired) electrons. The highest BCUT2D eigenvalue weighted by Crippen LogP contribution is 2.08. The van der Waals surface area contributed by atoms with Crippen molar-refractivity contribution >= 4 is 5.97 Å². The fourth-order valence-corrected chi connectivity index (χ4v) is 1.09. The van der Waals surface area contributed by atoms with Crippen molar-refractivity contribution in [2.24, 2.45) is 5.73 Å². The quantitative estimate of drug-likeness (QED) is 0.469. The van der Waals surface area contributed by atoms with E-state index in [4.69, 9.17) is 19.9 Å². The van der Waals surface area contributed by atoms with Crippen molar-refractivity contribution in [1.82, 2.24) is 0 Å². The standard InChI is InChI=1S/C11H23NO4/c1-4-16-10(13)11(2,12)6-9-15-8-5-7-14-3/h4-9,12H2,1-3H3. The minimum atomic E-state index is -0.961. The Morgan fingerprint density at radius 3 is 2.56 bits per heavy atom. The molecule has 2 N–H and O–H groups in total. The molecule has 0 aromatic carbocycles. The van der Waals surface area contributed by atoms with Crippen LogP contribution in [0, 0.1) is 0 Å². The lowest BCUT2D eigenvalue weighted by Crippen LogP contribution is -2.47. The average Bonchev–Trinajstić information content (AvgIpc) is 2.23. The second-order valence-electron chi connectivity index (χ2n) is 3.85. The van der Waals surface area contributed by atoms with E-state index in [0.29, 0.717) is 32.8 Å². The molecule has 0 aromatic rings. The fraction of sp³-hybridized carbons (Fsp3) is 0.909. The highest BCUT2D eigenvalue weighted by atomic mass is 16.5. The van der Waals surface area contributed by atoms with Crippen LogP contribution in [0.4, 0.5) is 0 Å². The van der Waals surface area contributed by atoms with Crippen LogP contribution < -0.4 is 5.73 Å². The Bertz CT molecular complexity index is 194. The first-order chi connectivity index (χ1) is 7.54. The van der Waals surface area contributed by atoms with Crippen LogP contribution >= 0.6 is 0 Å². The lowest BCUT2D eigenvalue weighted by molar-refractivity contribution is -0.149. The van der Waals surface area contributed by atoms with Crippen molar-refractivity contribution in [1.29, 1.82) is 0 Å². The van der Waals surface area contributed by atoms with E-state index in [1.807, 2.05) is 0 Å². The summed E-state index contributed by atoms with van der Waals surface area (Å²) in [7, 11) is 1.65. The maximum absolute atomic E-state index is 11.4. The Morgan fingerprint density at radius 2 is 2.00 bits per heavy atom. The molecule has 0 bridgehead atoms. The van der Waals surface area contributed by atoms with Gasteiger partial charge in [-0.3, -0.25) is 4.79 Å². The topological polar surface area (TPSA) is 70.8 Å². The maximum Gasteiger partial charge on any atom is 0.325 e. The van der Waals surface area contributed by atoms with Gasteiger partial charge in [0.1, 0.15) is 5.54 Å². The van der Waals surface area contributed by atoms with Gasteiger partial charge in [0.15, 0.2) is 0 Å². The molecule has 0 rings (SSSR count). The molecule has 0 heterocycles. The van der Waals surface area contributed by atoms with Crippen molar-refractivity contribution in [2.75, 3.05) is 33.5 Å². The van der Waals surface area contributed by atoms with Gasteiger partial charge in [0, 0.05) is 26.9 Å². The minimum Gasteiger partial charge on any atom is -0.465 e. The third-order valence-corrected chi connectivity index (χ3v) is 2.14. The zero-order valence-corrected chi connectivity index (χ0v) is 10.5. The van der Waals surface area contributed by atoms with Gasteiger partial charge in [-0.05, 0) is 26.7 Å². The first kappa shape index (κ1) is 15.3. The molecule has 0 spiro atoms. The summed E-state index contributed by atoms with van der Waals surface area (Å²) in [5, 5.41) is 0. The molecule has 0 saturated carbocycles. The summed E-state index contributed by atoms with van der Waals surface area (Å²) in [5.74, 6) is -0.379. The first-order valence-electron chi connectivity index (χ1n) is 5.57. The number of rotatable bonds is 9. The molecule has 0 fully saturated rings. The molecule has 16 heavy (non-hydrogen) atoms. The largest absolute Gasteiger partial charge is 0.465 e. The van der Waals surface area contributed by atoms with Gasteiger partial charge in [-0.15, -0.1) is 0 Å². The van der Waals surface area contributed by atoms with Gasteiger partial charge >= 0.3 is 5.97 Å². The van der Waals surface area contributed by atoms with Gasteiger partial charge in [0.25, 0.3) is 0 Å². The van der Waals surface area contributed by atoms with E-state index >= 15 is 0 Å². The Balaban J connectivity index is 3.61. The molecule has 96 valence electrons. The second-order valence-corrected chi connectivity index (χ2v) is 3.85. The average molecular weight is 233 g/mol. The molecular formula is C11H23NO4. The van der Waals surface area contributed by atoms with Crippen LogP contribution in [0.2, 0.25) is 0 Å².